The van der Waals surface area contributed by atoms with Gasteiger partial charge in [-0.2, -0.15) is 0 Å². The van der Waals surface area contributed by atoms with Crippen molar-refractivity contribution in [3.63, 3.8) is 0 Å². The number of phosphoric ester groups is 1. The second kappa shape index (κ2) is 38.1. The first-order chi connectivity index (χ1) is 29.0. The van der Waals surface area contributed by atoms with Crippen LogP contribution in [0.15, 0.2) is 36.5 Å². The molecule has 1 saturated carbocycles. The van der Waals surface area contributed by atoms with Gasteiger partial charge in [0.1, 0.15) is 42.7 Å². The number of allylic oxidation sites excluding steroid dienone is 6. The first-order valence-electron chi connectivity index (χ1n) is 23.8. The van der Waals surface area contributed by atoms with Crippen molar-refractivity contribution >= 4 is 13.8 Å². The van der Waals surface area contributed by atoms with Gasteiger partial charge in [-0.3, -0.25) is 13.8 Å². The molecule has 1 aliphatic carbocycles. The van der Waals surface area contributed by atoms with E-state index in [1.54, 1.807) is 0 Å². The zero-order valence-corrected chi connectivity index (χ0v) is 38.4. The summed E-state index contributed by atoms with van der Waals surface area (Å²) in [5.74, 6) is -0.488. The SMILES string of the molecule is CCCCC/C=C\C/C=C\C/C=C\CCCCCCCCC(=O)OC(COCCCCCCCCCCCCCCCC)COP(=O)(O)OC1C(O)C(O)C(O)C(O)C1O. The molecule has 0 amide bonds. The van der Waals surface area contributed by atoms with Gasteiger partial charge < -0.3 is 39.9 Å². The highest BCUT2D eigenvalue weighted by molar-refractivity contribution is 7.47. The van der Waals surface area contributed by atoms with Crippen LogP contribution in [0.2, 0.25) is 0 Å². The fourth-order valence-corrected chi connectivity index (χ4v) is 8.16. The second-order valence-electron chi connectivity index (χ2n) is 16.6. The molecule has 0 aliphatic heterocycles. The number of hydrogen-bond donors (Lipinski definition) is 6. The van der Waals surface area contributed by atoms with Gasteiger partial charge in [-0.15, -0.1) is 0 Å². The Hall–Kier alpha value is -1.44. The van der Waals surface area contributed by atoms with Crippen LogP contribution in [0.1, 0.15) is 194 Å². The van der Waals surface area contributed by atoms with Crippen LogP contribution in [0.3, 0.4) is 0 Å². The van der Waals surface area contributed by atoms with Crippen LogP contribution >= 0.6 is 7.82 Å². The van der Waals surface area contributed by atoms with E-state index in [-0.39, 0.29) is 13.0 Å². The lowest BCUT2D eigenvalue weighted by atomic mass is 9.85. The van der Waals surface area contributed by atoms with Crippen LogP contribution in [0.4, 0.5) is 0 Å². The fraction of sp³-hybridized carbons (Fsp3) is 0.851. The largest absolute Gasteiger partial charge is 0.472 e. The molecule has 352 valence electrons. The van der Waals surface area contributed by atoms with Crippen molar-refractivity contribution in [1.29, 1.82) is 0 Å². The number of hydrogen-bond acceptors (Lipinski definition) is 11. The summed E-state index contributed by atoms with van der Waals surface area (Å²) in [7, 11) is -5.02. The second-order valence-corrected chi connectivity index (χ2v) is 18.0. The van der Waals surface area contributed by atoms with Crippen molar-refractivity contribution in [2.24, 2.45) is 0 Å². The first kappa shape index (κ1) is 56.6. The van der Waals surface area contributed by atoms with Gasteiger partial charge in [-0.05, 0) is 51.4 Å². The van der Waals surface area contributed by atoms with Crippen molar-refractivity contribution in [2.75, 3.05) is 19.8 Å². The van der Waals surface area contributed by atoms with E-state index in [9.17, 15) is 39.8 Å². The molecular formula is C47H87O12P. The zero-order chi connectivity index (χ0) is 44.1. The predicted molar refractivity (Wildman–Crippen MR) is 239 cm³/mol. The normalized spacial score (nSPS) is 22.6. The summed E-state index contributed by atoms with van der Waals surface area (Å²) in [5, 5.41) is 50.2. The maximum atomic E-state index is 12.8. The third kappa shape index (κ3) is 29.8. The van der Waals surface area contributed by atoms with Crippen molar-refractivity contribution < 1.29 is 58.3 Å². The van der Waals surface area contributed by atoms with Gasteiger partial charge in [-0.1, -0.05) is 172 Å². The van der Waals surface area contributed by atoms with Crippen LogP contribution in [-0.4, -0.2) is 98.9 Å². The first-order valence-corrected chi connectivity index (χ1v) is 25.3. The van der Waals surface area contributed by atoms with Crippen LogP contribution in [0.5, 0.6) is 0 Å². The summed E-state index contributed by atoms with van der Waals surface area (Å²) in [5.41, 5.74) is 0. The molecule has 0 aromatic carbocycles. The Labute approximate surface area is 363 Å². The minimum Gasteiger partial charge on any atom is -0.457 e. The molecule has 1 aliphatic rings. The van der Waals surface area contributed by atoms with Crippen molar-refractivity contribution in [3.05, 3.63) is 36.5 Å². The zero-order valence-electron chi connectivity index (χ0n) is 37.5. The third-order valence-corrected chi connectivity index (χ3v) is 12.0. The van der Waals surface area contributed by atoms with Gasteiger partial charge >= 0.3 is 13.8 Å². The van der Waals surface area contributed by atoms with E-state index in [1.165, 1.54) is 96.3 Å². The minimum absolute atomic E-state index is 0.0796. The standard InChI is InChI=1S/C47H87O12P/c1-3-5-7-9-11-13-15-17-19-20-21-22-23-24-26-28-30-32-34-36-41(48)58-40(38-56-37-35-33-31-29-27-25-18-16-14-12-10-8-6-4-2)39-57-60(54,55)59-47-45(52)43(50)42(49)44(51)46(47)53/h11,13,17,19,21-22,40,42-47,49-53H,3-10,12,14-16,18,20,23-39H2,1-2H3,(H,54,55)/b13-11-,19-17-,22-21-. The quantitative estimate of drug-likeness (QED) is 0.0148. The smallest absolute Gasteiger partial charge is 0.457 e. The van der Waals surface area contributed by atoms with E-state index < -0.39 is 63.1 Å². The van der Waals surface area contributed by atoms with E-state index in [4.69, 9.17) is 18.5 Å². The lowest BCUT2D eigenvalue weighted by molar-refractivity contribution is -0.220. The van der Waals surface area contributed by atoms with Gasteiger partial charge in [0.05, 0.1) is 13.2 Å². The average molecular weight is 875 g/mol. The van der Waals surface area contributed by atoms with Gasteiger partial charge in [0.25, 0.3) is 0 Å². The van der Waals surface area contributed by atoms with Crippen molar-refractivity contribution in [2.45, 2.75) is 236 Å². The lowest BCUT2D eigenvalue weighted by Crippen LogP contribution is -2.64. The van der Waals surface area contributed by atoms with Gasteiger partial charge in [0.2, 0.25) is 0 Å². The molecule has 0 aromatic rings. The molecule has 60 heavy (non-hydrogen) atoms. The Morgan fingerprint density at radius 2 is 0.933 bits per heavy atom. The van der Waals surface area contributed by atoms with Gasteiger partial charge in [0.15, 0.2) is 0 Å². The molecule has 1 rings (SSSR count). The topological polar surface area (TPSA) is 192 Å². The van der Waals surface area contributed by atoms with E-state index in [1.807, 2.05) is 0 Å². The highest BCUT2D eigenvalue weighted by Crippen LogP contribution is 2.47. The van der Waals surface area contributed by atoms with E-state index in [0.29, 0.717) is 13.0 Å². The third-order valence-electron chi connectivity index (χ3n) is 11.0. The van der Waals surface area contributed by atoms with Crippen LogP contribution in [-0.2, 0) is 27.9 Å². The highest BCUT2D eigenvalue weighted by atomic mass is 31.2. The Morgan fingerprint density at radius 3 is 1.45 bits per heavy atom. The number of aliphatic hydroxyl groups is 5. The Balaban J connectivity index is 2.39. The molecule has 0 aromatic heterocycles. The van der Waals surface area contributed by atoms with Crippen molar-refractivity contribution in [1.82, 2.24) is 0 Å². The Kier molecular flexibility index (Phi) is 35.9. The predicted octanol–water partition coefficient (Wildman–Crippen LogP) is 9.87. The van der Waals surface area contributed by atoms with E-state index >= 15 is 0 Å². The molecule has 0 bridgehead atoms. The number of aliphatic hydroxyl groups excluding tert-OH is 5. The molecule has 12 nitrogen and oxygen atoms in total. The molecule has 13 heteroatoms. The molecule has 6 unspecified atom stereocenters. The summed E-state index contributed by atoms with van der Waals surface area (Å²) in [6, 6.07) is 0. The van der Waals surface area contributed by atoms with Gasteiger partial charge in [-0.25, -0.2) is 4.57 Å². The van der Waals surface area contributed by atoms with Crippen molar-refractivity contribution in [3.8, 4) is 0 Å². The van der Waals surface area contributed by atoms with E-state index in [0.717, 1.165) is 70.6 Å². The number of carbonyl (C=O) groups excluding carboxylic acids is 1. The highest BCUT2D eigenvalue weighted by Gasteiger charge is 2.51. The number of esters is 1. The maximum Gasteiger partial charge on any atom is 0.472 e. The molecular weight excluding hydrogens is 787 g/mol. The summed E-state index contributed by atoms with van der Waals surface area (Å²) in [4.78, 5) is 23.2. The molecule has 0 radical (unpaired) electrons. The lowest BCUT2D eigenvalue weighted by Gasteiger charge is -2.41. The number of carbonyl (C=O) groups is 1. The summed E-state index contributed by atoms with van der Waals surface area (Å²) in [6.45, 7) is 4.23. The Morgan fingerprint density at radius 1 is 0.533 bits per heavy atom. The van der Waals surface area contributed by atoms with Gasteiger partial charge in [0, 0.05) is 13.0 Å². The summed E-state index contributed by atoms with van der Waals surface area (Å²) >= 11 is 0. The number of rotatable bonds is 40. The molecule has 0 heterocycles. The van der Waals surface area contributed by atoms with Crippen LogP contribution in [0.25, 0.3) is 0 Å². The molecule has 0 spiro atoms. The van der Waals surface area contributed by atoms with Crippen LogP contribution in [0, 0.1) is 0 Å². The van der Waals surface area contributed by atoms with Crippen LogP contribution < -0.4 is 0 Å². The minimum atomic E-state index is -5.02. The number of phosphoric acid groups is 1. The van der Waals surface area contributed by atoms with E-state index in [2.05, 4.69) is 50.3 Å². The summed E-state index contributed by atoms with van der Waals surface area (Å²) < 4.78 is 34.2. The Bertz CT molecular complexity index is 1130. The molecule has 0 saturated heterocycles. The monoisotopic (exact) mass is 875 g/mol. The molecule has 6 atom stereocenters. The average Bonchev–Trinajstić information content (AvgIpc) is 3.23. The number of unbranched alkanes of at least 4 members (excludes halogenated alkanes) is 22. The number of ether oxygens (including phenoxy) is 2. The molecule has 6 N–H and O–H groups in total. The summed E-state index contributed by atoms with van der Waals surface area (Å²) in [6.07, 6.45) is 32.0. The maximum absolute atomic E-state index is 12.8. The fourth-order valence-electron chi connectivity index (χ4n) is 7.19. The molecule has 1 fully saturated rings.